The van der Waals surface area contributed by atoms with Gasteiger partial charge in [-0.1, -0.05) is 72.8 Å². The highest BCUT2D eigenvalue weighted by Gasteiger charge is 2.16. The van der Waals surface area contributed by atoms with Crippen molar-refractivity contribution in [2.75, 3.05) is 12.4 Å². The van der Waals surface area contributed by atoms with E-state index in [-0.39, 0.29) is 5.78 Å². The highest BCUT2D eigenvalue weighted by molar-refractivity contribution is 6.10. The molecule has 23 heavy (non-hydrogen) atoms. The summed E-state index contributed by atoms with van der Waals surface area (Å²) in [6, 6.07) is 25.5. The standard InChI is InChI=1S/C21H19NO/c1-22-20-14-8-13-18(21(23)17-11-6-3-7-12-17)19(20)15-16-9-4-2-5-10-16/h2-14,22H,15H2,1H3. The molecule has 0 bridgehead atoms. The van der Waals surface area contributed by atoms with E-state index in [1.165, 1.54) is 5.56 Å². The number of benzene rings is 3. The average Bonchev–Trinajstić information content (AvgIpc) is 2.63. The Morgan fingerprint density at radius 2 is 1.48 bits per heavy atom. The fourth-order valence-corrected chi connectivity index (χ4v) is 2.77. The van der Waals surface area contributed by atoms with Gasteiger partial charge in [-0.25, -0.2) is 0 Å². The molecule has 0 aliphatic heterocycles. The van der Waals surface area contributed by atoms with E-state index in [4.69, 9.17) is 0 Å². The molecule has 1 N–H and O–H groups in total. The third kappa shape index (κ3) is 3.32. The highest BCUT2D eigenvalue weighted by atomic mass is 16.1. The van der Waals surface area contributed by atoms with Crippen LogP contribution in [-0.2, 0) is 6.42 Å². The summed E-state index contributed by atoms with van der Waals surface area (Å²) in [6.45, 7) is 0. The summed E-state index contributed by atoms with van der Waals surface area (Å²) in [5, 5.41) is 3.21. The maximum Gasteiger partial charge on any atom is 0.193 e. The molecule has 0 aliphatic rings. The van der Waals surface area contributed by atoms with E-state index in [0.29, 0.717) is 0 Å². The minimum atomic E-state index is 0.0635. The third-order valence-corrected chi connectivity index (χ3v) is 3.95. The number of nitrogens with one attached hydrogen (secondary N) is 1. The lowest BCUT2D eigenvalue weighted by Gasteiger charge is -2.14. The third-order valence-electron chi connectivity index (χ3n) is 3.95. The second-order valence-corrected chi connectivity index (χ2v) is 5.44. The Morgan fingerprint density at radius 1 is 0.826 bits per heavy atom. The molecule has 0 spiro atoms. The lowest BCUT2D eigenvalue weighted by atomic mass is 9.93. The number of hydrogen-bond donors (Lipinski definition) is 1. The van der Waals surface area contributed by atoms with E-state index < -0.39 is 0 Å². The largest absolute Gasteiger partial charge is 0.388 e. The van der Waals surface area contributed by atoms with Crippen molar-refractivity contribution in [3.63, 3.8) is 0 Å². The van der Waals surface area contributed by atoms with Crippen molar-refractivity contribution in [1.29, 1.82) is 0 Å². The first-order valence-corrected chi connectivity index (χ1v) is 7.73. The van der Waals surface area contributed by atoms with Crippen LogP contribution in [0.5, 0.6) is 0 Å². The van der Waals surface area contributed by atoms with E-state index in [1.54, 1.807) is 0 Å². The van der Waals surface area contributed by atoms with Gasteiger partial charge in [-0.05, 0) is 17.2 Å². The fraction of sp³-hybridized carbons (Fsp3) is 0.0952. The number of rotatable bonds is 5. The zero-order valence-corrected chi connectivity index (χ0v) is 13.1. The zero-order valence-electron chi connectivity index (χ0n) is 13.1. The molecular formula is C21H19NO. The van der Waals surface area contributed by atoms with Crippen LogP contribution in [0.4, 0.5) is 5.69 Å². The zero-order chi connectivity index (χ0) is 16.1. The summed E-state index contributed by atoms with van der Waals surface area (Å²) in [7, 11) is 1.89. The Hall–Kier alpha value is -2.87. The molecule has 3 rings (SSSR count). The van der Waals surface area contributed by atoms with Crippen LogP contribution in [0.3, 0.4) is 0 Å². The van der Waals surface area contributed by atoms with E-state index in [1.807, 2.05) is 73.8 Å². The van der Waals surface area contributed by atoms with Gasteiger partial charge < -0.3 is 5.32 Å². The Kier molecular flexibility index (Phi) is 4.53. The molecule has 2 heteroatoms. The van der Waals surface area contributed by atoms with Crippen molar-refractivity contribution in [3.8, 4) is 0 Å². The lowest BCUT2D eigenvalue weighted by Crippen LogP contribution is -2.08. The van der Waals surface area contributed by atoms with Gasteiger partial charge in [-0.3, -0.25) is 4.79 Å². The number of ketones is 1. The van der Waals surface area contributed by atoms with Crippen LogP contribution in [-0.4, -0.2) is 12.8 Å². The Labute approximate surface area is 136 Å². The first-order valence-electron chi connectivity index (χ1n) is 7.73. The molecule has 3 aromatic rings. The van der Waals surface area contributed by atoms with Crippen molar-refractivity contribution in [3.05, 3.63) is 101 Å². The lowest BCUT2D eigenvalue weighted by molar-refractivity contribution is 0.103. The number of hydrogen-bond acceptors (Lipinski definition) is 2. The van der Waals surface area contributed by atoms with Crippen LogP contribution in [0.25, 0.3) is 0 Å². The van der Waals surface area contributed by atoms with Gasteiger partial charge in [0, 0.05) is 30.3 Å². The maximum atomic E-state index is 12.9. The van der Waals surface area contributed by atoms with Crippen molar-refractivity contribution in [1.82, 2.24) is 0 Å². The SMILES string of the molecule is CNc1cccc(C(=O)c2ccccc2)c1Cc1ccccc1. The van der Waals surface area contributed by atoms with Gasteiger partial charge in [-0.15, -0.1) is 0 Å². The predicted octanol–water partition coefficient (Wildman–Crippen LogP) is 4.55. The van der Waals surface area contributed by atoms with Gasteiger partial charge in [-0.2, -0.15) is 0 Å². The van der Waals surface area contributed by atoms with Crippen LogP contribution < -0.4 is 5.32 Å². The van der Waals surface area contributed by atoms with E-state index in [0.717, 1.165) is 28.8 Å². The van der Waals surface area contributed by atoms with Crippen molar-refractivity contribution < 1.29 is 4.79 Å². The molecule has 114 valence electrons. The summed E-state index contributed by atoms with van der Waals surface area (Å²) in [6.07, 6.45) is 0.728. The Bertz CT molecular complexity index is 795. The van der Waals surface area contributed by atoms with Gasteiger partial charge in [0.25, 0.3) is 0 Å². The maximum absolute atomic E-state index is 12.9. The molecule has 0 heterocycles. The number of carbonyl (C=O) groups excluding carboxylic acids is 1. The topological polar surface area (TPSA) is 29.1 Å². The van der Waals surface area contributed by atoms with Crippen molar-refractivity contribution in [2.45, 2.75) is 6.42 Å². The number of carbonyl (C=O) groups is 1. The van der Waals surface area contributed by atoms with Gasteiger partial charge >= 0.3 is 0 Å². The second-order valence-electron chi connectivity index (χ2n) is 5.44. The molecule has 2 nitrogen and oxygen atoms in total. The van der Waals surface area contributed by atoms with Gasteiger partial charge in [0.05, 0.1) is 0 Å². The van der Waals surface area contributed by atoms with E-state index >= 15 is 0 Å². The summed E-state index contributed by atoms with van der Waals surface area (Å²) in [5.41, 5.74) is 4.70. The van der Waals surface area contributed by atoms with Crippen LogP contribution in [0.15, 0.2) is 78.9 Å². The molecule has 0 aliphatic carbocycles. The Balaban J connectivity index is 2.05. The minimum Gasteiger partial charge on any atom is -0.388 e. The Morgan fingerprint density at radius 3 is 2.13 bits per heavy atom. The smallest absolute Gasteiger partial charge is 0.193 e. The van der Waals surface area contributed by atoms with Gasteiger partial charge in [0.2, 0.25) is 0 Å². The second kappa shape index (κ2) is 6.93. The molecule has 0 aromatic heterocycles. The van der Waals surface area contributed by atoms with Crippen LogP contribution in [0.2, 0.25) is 0 Å². The summed E-state index contributed by atoms with van der Waals surface area (Å²) in [5.74, 6) is 0.0635. The molecule has 0 amide bonds. The molecule has 0 unspecified atom stereocenters. The van der Waals surface area contributed by atoms with Crippen molar-refractivity contribution in [2.24, 2.45) is 0 Å². The summed E-state index contributed by atoms with van der Waals surface area (Å²) >= 11 is 0. The average molecular weight is 301 g/mol. The quantitative estimate of drug-likeness (QED) is 0.700. The van der Waals surface area contributed by atoms with Gasteiger partial charge in [0.15, 0.2) is 5.78 Å². The number of anilines is 1. The van der Waals surface area contributed by atoms with Crippen LogP contribution >= 0.6 is 0 Å². The highest BCUT2D eigenvalue weighted by Crippen LogP contribution is 2.25. The molecule has 0 saturated carbocycles. The fourth-order valence-electron chi connectivity index (χ4n) is 2.77. The minimum absolute atomic E-state index is 0.0635. The first kappa shape index (κ1) is 15.0. The van der Waals surface area contributed by atoms with Crippen LogP contribution in [0, 0.1) is 0 Å². The van der Waals surface area contributed by atoms with E-state index in [9.17, 15) is 4.79 Å². The molecule has 0 radical (unpaired) electrons. The summed E-state index contributed by atoms with van der Waals surface area (Å²) < 4.78 is 0. The predicted molar refractivity (Wildman–Crippen MR) is 95.1 cm³/mol. The van der Waals surface area contributed by atoms with Crippen molar-refractivity contribution >= 4 is 11.5 Å². The molecule has 0 fully saturated rings. The summed E-state index contributed by atoms with van der Waals surface area (Å²) in [4.78, 5) is 12.9. The molecule has 0 atom stereocenters. The van der Waals surface area contributed by atoms with Gasteiger partial charge in [0.1, 0.15) is 0 Å². The van der Waals surface area contributed by atoms with E-state index in [2.05, 4.69) is 17.4 Å². The molecular weight excluding hydrogens is 282 g/mol. The normalized spacial score (nSPS) is 10.3. The first-order chi connectivity index (χ1) is 11.3. The van der Waals surface area contributed by atoms with Crippen LogP contribution in [0.1, 0.15) is 27.0 Å². The monoisotopic (exact) mass is 301 g/mol. The molecule has 3 aromatic carbocycles. The molecule has 0 saturated heterocycles.